The zero-order valence-corrected chi connectivity index (χ0v) is 9.69. The average molecular weight is 231 g/mol. The molecule has 0 spiro atoms. The number of nitrogens with one attached hydrogen (secondary N) is 1. The van der Waals surface area contributed by atoms with Gasteiger partial charge < -0.3 is 20.3 Å². The van der Waals surface area contributed by atoms with Crippen molar-refractivity contribution in [2.45, 2.75) is 38.4 Å². The van der Waals surface area contributed by atoms with Gasteiger partial charge in [0.05, 0.1) is 6.10 Å². The quantitative estimate of drug-likeness (QED) is 0.584. The summed E-state index contributed by atoms with van der Waals surface area (Å²) in [5.74, 6) is -0.433. The topological polar surface area (TPSA) is 78.8 Å². The number of rotatable bonds is 7. The highest BCUT2D eigenvalue weighted by Crippen LogP contribution is 2.19. The first-order valence-corrected chi connectivity index (χ1v) is 5.83. The molecule has 0 aromatic heterocycles. The first kappa shape index (κ1) is 13.4. The van der Waals surface area contributed by atoms with Gasteiger partial charge >= 0.3 is 5.97 Å². The second-order valence-electron chi connectivity index (χ2n) is 4.44. The van der Waals surface area contributed by atoms with E-state index in [0.29, 0.717) is 18.9 Å². The lowest BCUT2D eigenvalue weighted by Gasteiger charge is -2.15. The van der Waals surface area contributed by atoms with Crippen molar-refractivity contribution < 1.29 is 19.7 Å². The number of aliphatic hydroxyl groups excluding tert-OH is 1. The highest BCUT2D eigenvalue weighted by atomic mass is 16.5. The molecule has 0 saturated carbocycles. The van der Waals surface area contributed by atoms with Crippen LogP contribution in [0.5, 0.6) is 0 Å². The van der Waals surface area contributed by atoms with Crippen LogP contribution in [0, 0.1) is 5.92 Å². The molecule has 0 aromatic rings. The fourth-order valence-corrected chi connectivity index (χ4v) is 1.85. The number of hydrogen-bond acceptors (Lipinski definition) is 4. The first-order chi connectivity index (χ1) is 7.63. The van der Waals surface area contributed by atoms with E-state index in [0.717, 1.165) is 19.4 Å². The average Bonchev–Trinajstić information content (AvgIpc) is 2.67. The van der Waals surface area contributed by atoms with E-state index in [4.69, 9.17) is 14.9 Å². The molecule has 3 N–H and O–H groups in total. The first-order valence-electron chi connectivity index (χ1n) is 5.83. The Kier molecular flexibility index (Phi) is 5.73. The van der Waals surface area contributed by atoms with Crippen molar-refractivity contribution in [3.63, 3.8) is 0 Å². The number of ether oxygens (including phenoxy) is 1. The zero-order chi connectivity index (χ0) is 12.0. The molecule has 1 aliphatic heterocycles. The summed E-state index contributed by atoms with van der Waals surface area (Å²) in [6.07, 6.45) is 1.59. The van der Waals surface area contributed by atoms with Gasteiger partial charge in [-0.2, -0.15) is 0 Å². The lowest BCUT2D eigenvalue weighted by atomic mass is 10.1. The van der Waals surface area contributed by atoms with Crippen LogP contribution >= 0.6 is 0 Å². The fraction of sp³-hybridized carbons (Fsp3) is 0.909. The normalized spacial score (nSPS) is 26.9. The van der Waals surface area contributed by atoms with Crippen molar-refractivity contribution in [1.82, 2.24) is 5.32 Å². The highest BCUT2D eigenvalue weighted by molar-refractivity contribution is 5.72. The predicted molar refractivity (Wildman–Crippen MR) is 59.3 cm³/mol. The van der Waals surface area contributed by atoms with Crippen LogP contribution in [0.15, 0.2) is 0 Å². The van der Waals surface area contributed by atoms with Gasteiger partial charge in [0, 0.05) is 13.2 Å². The van der Waals surface area contributed by atoms with Crippen LogP contribution in [0.4, 0.5) is 0 Å². The smallest absolute Gasteiger partial charge is 0.332 e. The molecule has 94 valence electrons. The molecular formula is C11H21NO4. The molecule has 1 aliphatic rings. The van der Waals surface area contributed by atoms with Crippen molar-refractivity contribution in [2.24, 2.45) is 5.92 Å². The van der Waals surface area contributed by atoms with Gasteiger partial charge in [0.15, 0.2) is 6.10 Å². The Hall–Kier alpha value is -0.650. The molecule has 0 aliphatic carbocycles. The van der Waals surface area contributed by atoms with Gasteiger partial charge in [0.25, 0.3) is 0 Å². The third kappa shape index (κ3) is 4.47. The van der Waals surface area contributed by atoms with Crippen molar-refractivity contribution in [3.05, 3.63) is 0 Å². The minimum absolute atomic E-state index is 0.0161. The minimum Gasteiger partial charge on any atom is -0.479 e. The van der Waals surface area contributed by atoms with E-state index in [-0.39, 0.29) is 12.7 Å². The molecule has 3 unspecified atom stereocenters. The second kappa shape index (κ2) is 6.83. The highest BCUT2D eigenvalue weighted by Gasteiger charge is 2.29. The Morgan fingerprint density at radius 2 is 2.31 bits per heavy atom. The Labute approximate surface area is 95.8 Å². The van der Waals surface area contributed by atoms with Gasteiger partial charge in [0.1, 0.15) is 0 Å². The van der Waals surface area contributed by atoms with E-state index in [9.17, 15) is 4.79 Å². The van der Waals surface area contributed by atoms with Crippen LogP contribution in [-0.4, -0.2) is 48.1 Å². The van der Waals surface area contributed by atoms with Crippen LogP contribution in [-0.2, 0) is 9.53 Å². The molecule has 3 atom stereocenters. The lowest BCUT2D eigenvalue weighted by Crippen LogP contribution is -2.31. The van der Waals surface area contributed by atoms with Crippen LogP contribution in [0.1, 0.15) is 26.2 Å². The summed E-state index contributed by atoms with van der Waals surface area (Å²) in [6.45, 7) is 3.81. The van der Waals surface area contributed by atoms with Gasteiger partial charge in [-0.3, -0.25) is 0 Å². The number of carboxylic acid groups (broad SMARTS) is 1. The maximum Gasteiger partial charge on any atom is 0.332 e. The molecule has 0 bridgehead atoms. The Balaban J connectivity index is 2.09. The summed E-state index contributed by atoms with van der Waals surface area (Å²) in [4.78, 5) is 10.6. The summed E-state index contributed by atoms with van der Waals surface area (Å²) < 4.78 is 5.35. The lowest BCUT2D eigenvalue weighted by molar-refractivity contribution is -0.149. The van der Waals surface area contributed by atoms with Gasteiger partial charge in [-0.05, 0) is 31.7 Å². The van der Waals surface area contributed by atoms with E-state index in [1.54, 1.807) is 0 Å². The van der Waals surface area contributed by atoms with Crippen LogP contribution in [0.2, 0.25) is 0 Å². The number of carbonyl (C=O) groups is 1. The maximum absolute atomic E-state index is 10.6. The van der Waals surface area contributed by atoms with Crippen LogP contribution in [0.25, 0.3) is 0 Å². The van der Waals surface area contributed by atoms with Crippen molar-refractivity contribution in [3.8, 4) is 0 Å². The number of aliphatic hydroxyl groups is 1. The molecule has 1 saturated heterocycles. The van der Waals surface area contributed by atoms with E-state index < -0.39 is 12.1 Å². The molecule has 16 heavy (non-hydrogen) atoms. The molecule has 0 radical (unpaired) electrons. The van der Waals surface area contributed by atoms with E-state index in [1.165, 1.54) is 0 Å². The second-order valence-corrected chi connectivity index (χ2v) is 4.44. The molecule has 1 fully saturated rings. The Morgan fingerprint density at radius 1 is 1.56 bits per heavy atom. The van der Waals surface area contributed by atoms with Crippen molar-refractivity contribution >= 4 is 5.97 Å². The Morgan fingerprint density at radius 3 is 2.88 bits per heavy atom. The molecule has 0 aromatic carbocycles. The Bertz CT molecular complexity index is 222. The zero-order valence-electron chi connectivity index (χ0n) is 9.69. The predicted octanol–water partition coefficient (Wildman–Crippen LogP) is 0.227. The standard InChI is InChI=1S/C11H21NO4/c1-8(4-5-13)6-12-7-9-2-3-10(16-9)11(14)15/h8-10,12-13H,2-7H2,1H3,(H,14,15). The van der Waals surface area contributed by atoms with Crippen LogP contribution < -0.4 is 5.32 Å². The molecular weight excluding hydrogens is 210 g/mol. The summed E-state index contributed by atoms with van der Waals surface area (Å²) in [6, 6.07) is 0. The summed E-state index contributed by atoms with van der Waals surface area (Å²) >= 11 is 0. The molecule has 1 rings (SSSR count). The van der Waals surface area contributed by atoms with Gasteiger partial charge in [0.2, 0.25) is 0 Å². The third-order valence-electron chi connectivity index (χ3n) is 2.87. The van der Waals surface area contributed by atoms with Gasteiger partial charge in [-0.25, -0.2) is 4.79 Å². The third-order valence-corrected chi connectivity index (χ3v) is 2.87. The molecule has 0 amide bonds. The summed E-state index contributed by atoms with van der Waals surface area (Å²) in [5.41, 5.74) is 0. The van der Waals surface area contributed by atoms with Crippen molar-refractivity contribution in [1.29, 1.82) is 0 Å². The number of hydrogen-bond donors (Lipinski definition) is 3. The van der Waals surface area contributed by atoms with Crippen molar-refractivity contribution in [2.75, 3.05) is 19.7 Å². The number of carboxylic acids is 1. The summed E-state index contributed by atoms with van der Waals surface area (Å²) in [5, 5.41) is 20.7. The van der Waals surface area contributed by atoms with E-state index >= 15 is 0 Å². The minimum atomic E-state index is -0.865. The molecule has 1 heterocycles. The van der Waals surface area contributed by atoms with Gasteiger partial charge in [-0.1, -0.05) is 6.92 Å². The van der Waals surface area contributed by atoms with Crippen LogP contribution in [0.3, 0.4) is 0 Å². The molecule has 5 heteroatoms. The maximum atomic E-state index is 10.6. The van der Waals surface area contributed by atoms with E-state index in [1.807, 2.05) is 0 Å². The van der Waals surface area contributed by atoms with Gasteiger partial charge in [-0.15, -0.1) is 0 Å². The monoisotopic (exact) mass is 231 g/mol. The van der Waals surface area contributed by atoms with E-state index in [2.05, 4.69) is 12.2 Å². The largest absolute Gasteiger partial charge is 0.479 e. The fourth-order valence-electron chi connectivity index (χ4n) is 1.85. The molecule has 5 nitrogen and oxygen atoms in total. The number of aliphatic carboxylic acids is 1. The summed E-state index contributed by atoms with van der Waals surface area (Å²) in [7, 11) is 0. The SMILES string of the molecule is CC(CCO)CNCC1CCC(C(=O)O)O1.